The van der Waals surface area contributed by atoms with E-state index in [-0.39, 0.29) is 11.4 Å². The Morgan fingerprint density at radius 1 is 1.14 bits per heavy atom. The number of nitrogens with one attached hydrogen (secondary N) is 2. The van der Waals surface area contributed by atoms with Gasteiger partial charge in [-0.25, -0.2) is 9.78 Å². The zero-order valence-corrected chi connectivity index (χ0v) is 10.6. The molecule has 0 aliphatic carbocycles. The molecule has 2 aromatic heterocycles. The number of carboxylic acids is 1. The molecule has 3 N–H and O–H groups in total. The number of aromatic nitrogens is 4. The molecule has 0 bridgehead atoms. The Morgan fingerprint density at radius 3 is 2.76 bits per heavy atom. The fraction of sp³-hybridized carbons (Fsp3) is 0. The summed E-state index contributed by atoms with van der Waals surface area (Å²) in [6, 6.07) is 7.81. The maximum Gasteiger partial charge on any atom is 0.356 e. The van der Waals surface area contributed by atoms with E-state index in [4.69, 9.17) is 5.11 Å². The van der Waals surface area contributed by atoms with E-state index in [1.807, 2.05) is 0 Å². The van der Waals surface area contributed by atoms with E-state index < -0.39 is 11.9 Å². The lowest BCUT2D eigenvalue weighted by molar-refractivity contribution is 0.0692. The lowest BCUT2D eigenvalue weighted by Gasteiger charge is -2.07. The molecule has 0 saturated carbocycles. The van der Waals surface area contributed by atoms with Gasteiger partial charge in [-0.05, 0) is 30.3 Å². The van der Waals surface area contributed by atoms with Crippen LogP contribution in [0.5, 0.6) is 0 Å². The number of carbonyl (C=O) groups is 2. The first-order valence-corrected chi connectivity index (χ1v) is 5.95. The van der Waals surface area contributed by atoms with E-state index in [0.717, 1.165) is 0 Å². The van der Waals surface area contributed by atoms with E-state index in [1.165, 1.54) is 12.3 Å². The van der Waals surface area contributed by atoms with Crippen molar-refractivity contribution in [1.29, 1.82) is 0 Å². The van der Waals surface area contributed by atoms with Gasteiger partial charge in [0.2, 0.25) is 0 Å². The minimum atomic E-state index is -1.21. The van der Waals surface area contributed by atoms with Crippen molar-refractivity contribution in [2.75, 3.05) is 5.32 Å². The average Bonchev–Trinajstić information content (AvgIpc) is 2.94. The smallest absolute Gasteiger partial charge is 0.356 e. The summed E-state index contributed by atoms with van der Waals surface area (Å²) in [5.74, 6) is -1.66. The molecule has 1 aromatic carbocycles. The monoisotopic (exact) mass is 283 g/mol. The van der Waals surface area contributed by atoms with Crippen LogP contribution in [0, 0.1) is 0 Å². The highest BCUT2D eigenvalue weighted by atomic mass is 16.4. The molecule has 8 heteroatoms. The van der Waals surface area contributed by atoms with Crippen LogP contribution in [-0.2, 0) is 0 Å². The summed E-state index contributed by atoms with van der Waals surface area (Å²) in [6.07, 6.45) is 1.35. The first-order chi connectivity index (χ1) is 10.1. The average molecular weight is 283 g/mol. The molecule has 3 rings (SSSR count). The number of pyridine rings is 1. The number of carbonyl (C=O) groups excluding carboxylic acids is 1. The van der Waals surface area contributed by atoms with E-state index in [1.54, 1.807) is 24.3 Å². The number of aromatic amines is 1. The van der Waals surface area contributed by atoms with Crippen LogP contribution >= 0.6 is 0 Å². The van der Waals surface area contributed by atoms with E-state index in [9.17, 15) is 9.59 Å². The van der Waals surface area contributed by atoms with Gasteiger partial charge in [-0.3, -0.25) is 4.79 Å². The molecule has 0 aliphatic rings. The second-order valence-electron chi connectivity index (χ2n) is 4.19. The maximum absolute atomic E-state index is 12.2. The normalized spacial score (nSPS) is 10.5. The molecule has 0 aliphatic heterocycles. The summed E-state index contributed by atoms with van der Waals surface area (Å²) in [4.78, 5) is 26.9. The minimum Gasteiger partial charge on any atom is -0.476 e. The lowest BCUT2D eigenvalue weighted by Crippen LogP contribution is -2.15. The SMILES string of the molecule is O=C(Nc1cccnc1C(=O)O)c1ccc2n[nH]nc2c1. The number of anilines is 1. The Hall–Kier alpha value is -3.29. The predicted octanol–water partition coefficient (Wildman–Crippen LogP) is 1.30. The van der Waals surface area contributed by atoms with Crippen LogP contribution in [0.2, 0.25) is 0 Å². The number of nitrogens with zero attached hydrogens (tertiary/aromatic N) is 3. The fourth-order valence-corrected chi connectivity index (χ4v) is 1.85. The second kappa shape index (κ2) is 5.00. The summed E-state index contributed by atoms with van der Waals surface area (Å²) in [7, 11) is 0. The van der Waals surface area contributed by atoms with Crippen LogP contribution in [0.1, 0.15) is 20.8 Å². The molecule has 0 fully saturated rings. The van der Waals surface area contributed by atoms with Crippen molar-refractivity contribution in [3.63, 3.8) is 0 Å². The summed E-state index contributed by atoms with van der Waals surface area (Å²) in [5, 5.41) is 21.8. The van der Waals surface area contributed by atoms with Crippen LogP contribution in [0.4, 0.5) is 5.69 Å². The molecular weight excluding hydrogens is 274 g/mol. The van der Waals surface area contributed by atoms with Gasteiger partial charge in [-0.2, -0.15) is 15.4 Å². The third-order valence-corrected chi connectivity index (χ3v) is 2.84. The Bertz CT molecular complexity index is 842. The minimum absolute atomic E-state index is 0.134. The van der Waals surface area contributed by atoms with Gasteiger partial charge in [0, 0.05) is 11.8 Å². The number of H-pyrrole nitrogens is 1. The standard InChI is InChI=1S/C13H9N5O3/c19-12(7-3-4-8-10(6-7)17-18-16-8)15-9-2-1-5-14-11(9)13(20)21/h1-6H,(H,15,19)(H,20,21)(H,16,17,18). The molecule has 1 amide bonds. The van der Waals surface area contributed by atoms with Gasteiger partial charge in [0.25, 0.3) is 5.91 Å². The topological polar surface area (TPSA) is 121 Å². The number of hydrogen-bond acceptors (Lipinski definition) is 5. The highest BCUT2D eigenvalue weighted by molar-refractivity contribution is 6.08. The molecule has 0 atom stereocenters. The van der Waals surface area contributed by atoms with Crippen molar-refractivity contribution >= 4 is 28.6 Å². The van der Waals surface area contributed by atoms with Gasteiger partial charge in [-0.1, -0.05) is 0 Å². The first kappa shape index (κ1) is 12.7. The van der Waals surface area contributed by atoms with Crippen LogP contribution in [-0.4, -0.2) is 37.4 Å². The molecule has 0 spiro atoms. The fourth-order valence-electron chi connectivity index (χ4n) is 1.85. The van der Waals surface area contributed by atoms with Crippen molar-refractivity contribution in [3.05, 3.63) is 47.8 Å². The second-order valence-corrected chi connectivity index (χ2v) is 4.19. The highest BCUT2D eigenvalue weighted by Gasteiger charge is 2.15. The zero-order valence-electron chi connectivity index (χ0n) is 10.6. The summed E-state index contributed by atoms with van der Waals surface area (Å²) in [5.41, 5.74) is 1.45. The quantitative estimate of drug-likeness (QED) is 0.666. The Balaban J connectivity index is 1.91. The van der Waals surface area contributed by atoms with Gasteiger partial charge in [0.15, 0.2) is 5.69 Å². The summed E-state index contributed by atoms with van der Waals surface area (Å²) < 4.78 is 0. The van der Waals surface area contributed by atoms with Crippen LogP contribution in [0.3, 0.4) is 0 Å². The first-order valence-electron chi connectivity index (χ1n) is 5.95. The van der Waals surface area contributed by atoms with E-state index >= 15 is 0 Å². The molecule has 0 unspecified atom stereocenters. The largest absolute Gasteiger partial charge is 0.476 e. The van der Waals surface area contributed by atoms with E-state index in [2.05, 4.69) is 25.7 Å². The van der Waals surface area contributed by atoms with Gasteiger partial charge in [0.1, 0.15) is 11.0 Å². The van der Waals surface area contributed by atoms with Crippen LogP contribution in [0.15, 0.2) is 36.5 Å². The molecule has 0 saturated heterocycles. The number of aromatic carboxylic acids is 1. The molecule has 104 valence electrons. The van der Waals surface area contributed by atoms with Crippen LogP contribution in [0.25, 0.3) is 11.0 Å². The summed E-state index contributed by atoms with van der Waals surface area (Å²) >= 11 is 0. The third-order valence-electron chi connectivity index (χ3n) is 2.84. The van der Waals surface area contributed by atoms with Crippen LogP contribution < -0.4 is 5.32 Å². The van der Waals surface area contributed by atoms with Gasteiger partial charge < -0.3 is 10.4 Å². The molecule has 8 nitrogen and oxygen atoms in total. The Kier molecular flexibility index (Phi) is 3.03. The van der Waals surface area contributed by atoms with Gasteiger partial charge >= 0.3 is 5.97 Å². The van der Waals surface area contributed by atoms with Crippen molar-refractivity contribution in [1.82, 2.24) is 20.4 Å². The van der Waals surface area contributed by atoms with Gasteiger partial charge in [0.05, 0.1) is 5.69 Å². The molecule has 21 heavy (non-hydrogen) atoms. The van der Waals surface area contributed by atoms with Crippen molar-refractivity contribution < 1.29 is 14.7 Å². The van der Waals surface area contributed by atoms with E-state index in [0.29, 0.717) is 16.6 Å². The van der Waals surface area contributed by atoms with Crippen molar-refractivity contribution in [2.45, 2.75) is 0 Å². The number of fused-ring (bicyclic) bond motifs is 1. The molecule has 3 aromatic rings. The predicted molar refractivity (Wildman–Crippen MR) is 73.0 cm³/mol. The zero-order chi connectivity index (χ0) is 14.8. The number of rotatable bonds is 3. The number of hydrogen-bond donors (Lipinski definition) is 3. The summed E-state index contributed by atoms with van der Waals surface area (Å²) in [6.45, 7) is 0. The van der Waals surface area contributed by atoms with Gasteiger partial charge in [-0.15, -0.1) is 0 Å². The Morgan fingerprint density at radius 2 is 1.95 bits per heavy atom. The highest BCUT2D eigenvalue weighted by Crippen LogP contribution is 2.15. The molecular formula is C13H9N5O3. The van der Waals surface area contributed by atoms with Crippen molar-refractivity contribution in [2.24, 2.45) is 0 Å². The number of carboxylic acid groups (broad SMARTS) is 1. The van der Waals surface area contributed by atoms with Crippen molar-refractivity contribution in [3.8, 4) is 0 Å². The number of benzene rings is 1. The maximum atomic E-state index is 12.2. The number of amides is 1. The third kappa shape index (κ3) is 2.41. The lowest BCUT2D eigenvalue weighted by atomic mass is 10.2. The molecule has 0 radical (unpaired) electrons. The molecule has 2 heterocycles. The Labute approximate surface area is 117 Å².